The predicted octanol–water partition coefficient (Wildman–Crippen LogP) is 4.12. The quantitative estimate of drug-likeness (QED) is 0.719. The van der Waals surface area contributed by atoms with Crippen molar-refractivity contribution < 1.29 is 4.39 Å². The molecule has 0 aliphatic heterocycles. The number of anilines is 1. The highest BCUT2D eigenvalue weighted by molar-refractivity contribution is 5.88. The molecule has 4 heteroatoms. The molecule has 2 aromatic carbocycles. The van der Waals surface area contributed by atoms with Crippen molar-refractivity contribution in [1.29, 1.82) is 0 Å². The van der Waals surface area contributed by atoms with E-state index in [0.717, 1.165) is 30.3 Å². The summed E-state index contributed by atoms with van der Waals surface area (Å²) in [5.74, 6) is 0.416. The molecule has 0 radical (unpaired) electrons. The SMILES string of the molecule is Cc1cccc(CCCNc2ncnc3ccc(F)cc23)c1. The van der Waals surface area contributed by atoms with Crippen molar-refractivity contribution in [3.05, 3.63) is 65.7 Å². The summed E-state index contributed by atoms with van der Waals surface area (Å²) in [7, 11) is 0. The van der Waals surface area contributed by atoms with Gasteiger partial charge >= 0.3 is 0 Å². The van der Waals surface area contributed by atoms with Crippen LogP contribution in [0.25, 0.3) is 10.9 Å². The van der Waals surface area contributed by atoms with Crippen molar-refractivity contribution in [1.82, 2.24) is 9.97 Å². The van der Waals surface area contributed by atoms with Crippen molar-refractivity contribution in [2.24, 2.45) is 0 Å². The second-order valence-corrected chi connectivity index (χ2v) is 5.40. The molecule has 0 fully saturated rings. The van der Waals surface area contributed by atoms with Gasteiger partial charge < -0.3 is 5.32 Å². The summed E-state index contributed by atoms with van der Waals surface area (Å²) in [5, 5.41) is 4.00. The number of nitrogens with one attached hydrogen (secondary N) is 1. The van der Waals surface area contributed by atoms with E-state index < -0.39 is 0 Å². The van der Waals surface area contributed by atoms with Crippen LogP contribution < -0.4 is 5.32 Å². The summed E-state index contributed by atoms with van der Waals surface area (Å²) < 4.78 is 13.4. The zero-order chi connectivity index (χ0) is 15.4. The van der Waals surface area contributed by atoms with Gasteiger partial charge in [0.05, 0.1) is 5.52 Å². The Hall–Kier alpha value is -2.49. The normalized spacial score (nSPS) is 10.8. The molecule has 0 spiro atoms. The van der Waals surface area contributed by atoms with Crippen molar-refractivity contribution in [2.75, 3.05) is 11.9 Å². The first-order chi connectivity index (χ1) is 10.7. The number of hydrogen-bond acceptors (Lipinski definition) is 3. The summed E-state index contributed by atoms with van der Waals surface area (Å²) in [5.41, 5.74) is 3.36. The summed E-state index contributed by atoms with van der Waals surface area (Å²) in [6, 6.07) is 13.1. The second-order valence-electron chi connectivity index (χ2n) is 5.40. The van der Waals surface area contributed by atoms with Gasteiger partial charge in [0.1, 0.15) is 18.0 Å². The average Bonchev–Trinajstić information content (AvgIpc) is 2.52. The van der Waals surface area contributed by atoms with Crippen molar-refractivity contribution in [3.63, 3.8) is 0 Å². The van der Waals surface area contributed by atoms with Crippen molar-refractivity contribution >= 4 is 16.7 Å². The lowest BCUT2D eigenvalue weighted by Gasteiger charge is -2.08. The summed E-state index contributed by atoms with van der Waals surface area (Å²) >= 11 is 0. The molecule has 0 aliphatic carbocycles. The fraction of sp³-hybridized carbons (Fsp3) is 0.222. The lowest BCUT2D eigenvalue weighted by atomic mass is 10.1. The van der Waals surface area contributed by atoms with E-state index in [4.69, 9.17) is 0 Å². The maximum atomic E-state index is 13.4. The Kier molecular flexibility index (Phi) is 4.28. The molecule has 0 saturated carbocycles. The number of rotatable bonds is 5. The number of hydrogen-bond donors (Lipinski definition) is 1. The first-order valence-corrected chi connectivity index (χ1v) is 7.42. The van der Waals surface area contributed by atoms with Crippen LogP contribution in [-0.2, 0) is 6.42 Å². The lowest BCUT2D eigenvalue weighted by Crippen LogP contribution is -2.05. The van der Waals surface area contributed by atoms with Crippen LogP contribution in [-0.4, -0.2) is 16.5 Å². The first kappa shape index (κ1) is 14.4. The minimum Gasteiger partial charge on any atom is -0.369 e. The highest BCUT2D eigenvalue weighted by atomic mass is 19.1. The van der Waals surface area contributed by atoms with Gasteiger partial charge in [-0.2, -0.15) is 0 Å². The zero-order valence-corrected chi connectivity index (χ0v) is 12.5. The number of halogens is 1. The van der Waals surface area contributed by atoms with E-state index in [-0.39, 0.29) is 5.82 Å². The summed E-state index contributed by atoms with van der Waals surface area (Å²) in [6.07, 6.45) is 3.50. The molecule has 22 heavy (non-hydrogen) atoms. The van der Waals surface area contributed by atoms with E-state index in [2.05, 4.69) is 46.5 Å². The predicted molar refractivity (Wildman–Crippen MR) is 87.5 cm³/mol. The first-order valence-electron chi connectivity index (χ1n) is 7.42. The number of benzene rings is 2. The molecule has 0 saturated heterocycles. The van der Waals surface area contributed by atoms with E-state index in [1.807, 2.05) is 0 Å². The van der Waals surface area contributed by atoms with E-state index in [0.29, 0.717) is 5.82 Å². The Morgan fingerprint density at radius 2 is 2.00 bits per heavy atom. The van der Waals surface area contributed by atoms with E-state index in [1.165, 1.54) is 29.6 Å². The monoisotopic (exact) mass is 295 g/mol. The van der Waals surface area contributed by atoms with Crippen LogP contribution in [0.4, 0.5) is 10.2 Å². The Labute approximate surface area is 129 Å². The zero-order valence-electron chi connectivity index (χ0n) is 12.5. The smallest absolute Gasteiger partial charge is 0.137 e. The van der Waals surface area contributed by atoms with Crippen molar-refractivity contribution in [2.45, 2.75) is 19.8 Å². The summed E-state index contributed by atoms with van der Waals surface area (Å²) in [6.45, 7) is 2.89. The number of aryl methyl sites for hydroxylation is 2. The molecule has 3 nitrogen and oxygen atoms in total. The highest BCUT2D eigenvalue weighted by Gasteiger charge is 2.04. The number of nitrogens with zero attached hydrogens (tertiary/aromatic N) is 2. The Bertz CT molecular complexity index is 786. The van der Waals surface area contributed by atoms with Gasteiger partial charge in [-0.1, -0.05) is 29.8 Å². The van der Waals surface area contributed by atoms with Crippen LogP contribution >= 0.6 is 0 Å². The Morgan fingerprint density at radius 1 is 1.09 bits per heavy atom. The average molecular weight is 295 g/mol. The maximum Gasteiger partial charge on any atom is 0.137 e. The van der Waals surface area contributed by atoms with Gasteiger partial charge in [0, 0.05) is 11.9 Å². The van der Waals surface area contributed by atoms with Gasteiger partial charge in [-0.05, 0) is 43.5 Å². The lowest BCUT2D eigenvalue weighted by molar-refractivity contribution is 0.629. The molecule has 1 N–H and O–H groups in total. The largest absolute Gasteiger partial charge is 0.369 e. The van der Waals surface area contributed by atoms with Gasteiger partial charge in [-0.3, -0.25) is 0 Å². The number of fused-ring (bicyclic) bond motifs is 1. The van der Waals surface area contributed by atoms with E-state index >= 15 is 0 Å². The van der Waals surface area contributed by atoms with Crippen LogP contribution in [0.1, 0.15) is 17.5 Å². The van der Waals surface area contributed by atoms with Crippen LogP contribution in [0.2, 0.25) is 0 Å². The molecule has 0 unspecified atom stereocenters. The van der Waals surface area contributed by atoms with Crippen molar-refractivity contribution in [3.8, 4) is 0 Å². The van der Waals surface area contributed by atoms with Gasteiger partial charge in [-0.25, -0.2) is 14.4 Å². The van der Waals surface area contributed by atoms with E-state index in [9.17, 15) is 4.39 Å². The molecule has 3 rings (SSSR count). The maximum absolute atomic E-state index is 13.4. The van der Waals surface area contributed by atoms with Gasteiger partial charge in [0.2, 0.25) is 0 Å². The molecule has 1 aromatic heterocycles. The number of aromatic nitrogens is 2. The van der Waals surface area contributed by atoms with Crippen LogP contribution in [0.5, 0.6) is 0 Å². The Balaban J connectivity index is 1.63. The molecule has 0 aliphatic rings. The third kappa shape index (κ3) is 3.39. The molecular formula is C18H18FN3. The fourth-order valence-corrected chi connectivity index (χ4v) is 2.54. The highest BCUT2D eigenvalue weighted by Crippen LogP contribution is 2.20. The fourth-order valence-electron chi connectivity index (χ4n) is 2.54. The molecule has 0 bridgehead atoms. The van der Waals surface area contributed by atoms with Crippen LogP contribution in [0, 0.1) is 12.7 Å². The third-order valence-corrected chi connectivity index (χ3v) is 3.61. The van der Waals surface area contributed by atoms with Gasteiger partial charge in [0.15, 0.2) is 0 Å². The second kappa shape index (κ2) is 6.52. The van der Waals surface area contributed by atoms with Gasteiger partial charge in [0.25, 0.3) is 0 Å². The van der Waals surface area contributed by atoms with E-state index in [1.54, 1.807) is 6.07 Å². The van der Waals surface area contributed by atoms with Crippen LogP contribution in [0.15, 0.2) is 48.8 Å². The van der Waals surface area contributed by atoms with Crippen LogP contribution in [0.3, 0.4) is 0 Å². The van der Waals surface area contributed by atoms with Gasteiger partial charge in [-0.15, -0.1) is 0 Å². The molecule has 0 atom stereocenters. The molecule has 112 valence electrons. The molecule has 0 amide bonds. The molecule has 1 heterocycles. The standard InChI is InChI=1S/C18H18FN3/c1-13-4-2-5-14(10-13)6-3-9-20-18-16-11-15(19)7-8-17(16)21-12-22-18/h2,4-5,7-8,10-12H,3,6,9H2,1H3,(H,20,21,22). The minimum atomic E-state index is -0.273. The molecule has 3 aromatic rings. The minimum absolute atomic E-state index is 0.273. The topological polar surface area (TPSA) is 37.8 Å². The molecular weight excluding hydrogens is 277 g/mol. The third-order valence-electron chi connectivity index (χ3n) is 3.61. The Morgan fingerprint density at radius 3 is 2.86 bits per heavy atom. The summed E-state index contributed by atoms with van der Waals surface area (Å²) in [4.78, 5) is 8.37.